The maximum atomic E-state index is 6.23. The number of pyridine rings is 1. The Balaban J connectivity index is 1.62. The second-order valence-electron chi connectivity index (χ2n) is 7.65. The van der Waals surface area contributed by atoms with E-state index in [1.165, 1.54) is 10.6 Å². The average molecular weight is 381 g/mol. The molecule has 0 fully saturated rings. The van der Waals surface area contributed by atoms with Gasteiger partial charge >= 0.3 is 0 Å². The number of hydrogen-bond acceptors (Lipinski definition) is 6. The van der Waals surface area contributed by atoms with E-state index < -0.39 is 0 Å². The van der Waals surface area contributed by atoms with E-state index in [2.05, 4.69) is 42.5 Å². The molecule has 3 heterocycles. The summed E-state index contributed by atoms with van der Waals surface area (Å²) in [5, 5.41) is 7.67. The van der Waals surface area contributed by atoms with Crippen LogP contribution >= 0.6 is 11.3 Å². The number of fused-ring (bicyclic) bond motifs is 1. The highest BCUT2D eigenvalue weighted by Crippen LogP contribution is 2.37. The van der Waals surface area contributed by atoms with Crippen LogP contribution in [0.1, 0.15) is 36.9 Å². The first-order chi connectivity index (χ1) is 13.0. The van der Waals surface area contributed by atoms with Gasteiger partial charge in [-0.2, -0.15) is 0 Å². The summed E-state index contributed by atoms with van der Waals surface area (Å²) in [6.45, 7) is 8.42. The maximum Gasteiger partial charge on any atom is 0.243 e. The first kappa shape index (κ1) is 17.9. The molecule has 1 aliphatic rings. The number of rotatable bonds is 4. The number of benzene rings is 1. The Labute approximate surface area is 163 Å². The second-order valence-corrected chi connectivity index (χ2v) is 8.73. The van der Waals surface area contributed by atoms with Crippen LogP contribution in [-0.2, 0) is 18.4 Å². The van der Waals surface area contributed by atoms with E-state index in [0.29, 0.717) is 5.88 Å². The van der Waals surface area contributed by atoms with E-state index >= 15 is 0 Å². The summed E-state index contributed by atoms with van der Waals surface area (Å²) in [4.78, 5) is 10.5. The Bertz CT molecular complexity index is 922. The van der Waals surface area contributed by atoms with Crippen molar-refractivity contribution in [1.29, 1.82) is 0 Å². The van der Waals surface area contributed by atoms with Crippen molar-refractivity contribution in [3.63, 3.8) is 0 Å². The highest BCUT2D eigenvalue weighted by atomic mass is 32.1. The number of thiazole rings is 1. The summed E-state index contributed by atoms with van der Waals surface area (Å²) in [5.41, 5.74) is 3.14. The zero-order valence-electron chi connectivity index (χ0n) is 15.9. The van der Waals surface area contributed by atoms with Gasteiger partial charge in [-0.25, -0.2) is 9.97 Å². The maximum absolute atomic E-state index is 6.23. The van der Waals surface area contributed by atoms with Crippen molar-refractivity contribution in [2.75, 3.05) is 11.9 Å². The summed E-state index contributed by atoms with van der Waals surface area (Å²) in [7, 11) is 0. The molecule has 1 aliphatic heterocycles. The molecule has 0 amide bonds. The highest BCUT2D eigenvalue weighted by Gasteiger charge is 2.20. The molecule has 0 spiro atoms. The van der Waals surface area contributed by atoms with Crippen molar-refractivity contribution in [1.82, 2.24) is 15.3 Å². The molecule has 0 saturated heterocycles. The van der Waals surface area contributed by atoms with Crippen molar-refractivity contribution < 1.29 is 4.74 Å². The van der Waals surface area contributed by atoms with Gasteiger partial charge in [-0.05, 0) is 23.6 Å². The average Bonchev–Trinajstić information content (AvgIpc) is 3.05. The number of aromatic nitrogens is 2. The zero-order valence-corrected chi connectivity index (χ0v) is 16.7. The third kappa shape index (κ3) is 3.96. The SMILES string of the molecule is CC(C)(C)c1ccccc1Oc1ncccc1Nc1nc2c(s1)CNCC2. The van der Waals surface area contributed by atoms with Crippen LogP contribution in [0.2, 0.25) is 0 Å². The Kier molecular flexibility index (Phi) is 4.85. The van der Waals surface area contributed by atoms with Crippen LogP contribution in [0.15, 0.2) is 42.6 Å². The Morgan fingerprint density at radius 2 is 2.00 bits per heavy atom. The fourth-order valence-corrected chi connectivity index (χ4v) is 4.13. The predicted octanol–water partition coefficient (Wildman–Crippen LogP) is 5.02. The van der Waals surface area contributed by atoms with Crippen molar-refractivity contribution in [2.24, 2.45) is 0 Å². The fraction of sp³-hybridized carbons (Fsp3) is 0.333. The summed E-state index contributed by atoms with van der Waals surface area (Å²) in [6, 6.07) is 12.0. The van der Waals surface area contributed by atoms with E-state index in [9.17, 15) is 0 Å². The van der Waals surface area contributed by atoms with Crippen molar-refractivity contribution in [3.8, 4) is 11.6 Å². The monoisotopic (exact) mass is 380 g/mol. The first-order valence-corrected chi connectivity index (χ1v) is 10.0. The molecule has 0 saturated carbocycles. The summed E-state index contributed by atoms with van der Waals surface area (Å²) < 4.78 is 6.23. The molecule has 4 rings (SSSR count). The molecule has 0 radical (unpaired) electrons. The normalized spacial score (nSPS) is 13.9. The predicted molar refractivity (Wildman–Crippen MR) is 110 cm³/mol. The standard InChI is InChI=1S/C21H24N4OS/c1-21(2,3)14-7-4-5-9-17(14)26-19-16(8-6-11-23-19)25-20-24-15-10-12-22-13-18(15)27-20/h4-9,11,22H,10,12-13H2,1-3H3,(H,24,25). The van der Waals surface area contributed by atoms with Gasteiger partial charge in [0.25, 0.3) is 0 Å². The Hall–Kier alpha value is -2.44. The van der Waals surface area contributed by atoms with E-state index in [0.717, 1.165) is 41.6 Å². The molecule has 2 N–H and O–H groups in total. The smallest absolute Gasteiger partial charge is 0.243 e. The third-order valence-corrected chi connectivity index (χ3v) is 5.53. The van der Waals surface area contributed by atoms with E-state index in [1.807, 2.05) is 30.3 Å². The Morgan fingerprint density at radius 1 is 1.15 bits per heavy atom. The van der Waals surface area contributed by atoms with Crippen molar-refractivity contribution in [3.05, 3.63) is 58.7 Å². The van der Waals surface area contributed by atoms with Gasteiger partial charge in [-0.15, -0.1) is 11.3 Å². The molecular formula is C21H24N4OS. The zero-order chi connectivity index (χ0) is 18.9. The lowest BCUT2D eigenvalue weighted by molar-refractivity contribution is 0.442. The topological polar surface area (TPSA) is 59.1 Å². The summed E-state index contributed by atoms with van der Waals surface area (Å²) in [6.07, 6.45) is 2.72. The van der Waals surface area contributed by atoms with Crippen LogP contribution in [0.25, 0.3) is 0 Å². The van der Waals surface area contributed by atoms with Gasteiger partial charge in [0.1, 0.15) is 11.4 Å². The number of hydrogen-bond donors (Lipinski definition) is 2. The first-order valence-electron chi connectivity index (χ1n) is 9.19. The number of nitrogens with one attached hydrogen (secondary N) is 2. The molecule has 27 heavy (non-hydrogen) atoms. The molecule has 5 nitrogen and oxygen atoms in total. The van der Waals surface area contributed by atoms with Crippen LogP contribution < -0.4 is 15.4 Å². The van der Waals surface area contributed by atoms with Crippen LogP contribution in [0.3, 0.4) is 0 Å². The van der Waals surface area contributed by atoms with Gasteiger partial charge in [0.05, 0.1) is 5.69 Å². The second kappa shape index (κ2) is 7.29. The fourth-order valence-electron chi connectivity index (χ4n) is 3.14. The minimum absolute atomic E-state index is 0.0136. The molecule has 140 valence electrons. The van der Waals surface area contributed by atoms with Gasteiger partial charge in [-0.1, -0.05) is 39.0 Å². The lowest BCUT2D eigenvalue weighted by Crippen LogP contribution is -2.22. The van der Waals surface area contributed by atoms with Gasteiger partial charge in [0.15, 0.2) is 5.13 Å². The summed E-state index contributed by atoms with van der Waals surface area (Å²) in [5.74, 6) is 1.38. The van der Waals surface area contributed by atoms with Gasteiger partial charge in [-0.3, -0.25) is 0 Å². The molecular weight excluding hydrogens is 356 g/mol. The van der Waals surface area contributed by atoms with Crippen LogP contribution in [-0.4, -0.2) is 16.5 Å². The van der Waals surface area contributed by atoms with E-state index in [4.69, 9.17) is 9.72 Å². The number of anilines is 2. The third-order valence-electron chi connectivity index (χ3n) is 4.52. The Morgan fingerprint density at radius 3 is 2.81 bits per heavy atom. The van der Waals surface area contributed by atoms with Crippen LogP contribution in [0.5, 0.6) is 11.6 Å². The molecule has 6 heteroatoms. The lowest BCUT2D eigenvalue weighted by Gasteiger charge is -2.22. The summed E-state index contributed by atoms with van der Waals surface area (Å²) >= 11 is 1.68. The highest BCUT2D eigenvalue weighted by molar-refractivity contribution is 7.15. The minimum Gasteiger partial charge on any atom is -0.437 e. The molecule has 0 atom stereocenters. The van der Waals surface area contributed by atoms with Crippen LogP contribution in [0.4, 0.5) is 10.8 Å². The molecule has 0 bridgehead atoms. The lowest BCUT2D eigenvalue weighted by atomic mass is 9.86. The van der Waals surface area contributed by atoms with Gasteiger partial charge in [0.2, 0.25) is 5.88 Å². The van der Waals surface area contributed by atoms with E-state index in [-0.39, 0.29) is 5.41 Å². The van der Waals surface area contributed by atoms with Crippen LogP contribution in [0, 0.1) is 0 Å². The molecule has 3 aromatic rings. The van der Waals surface area contributed by atoms with E-state index in [1.54, 1.807) is 17.5 Å². The number of nitrogens with zero attached hydrogens (tertiary/aromatic N) is 2. The largest absolute Gasteiger partial charge is 0.437 e. The van der Waals surface area contributed by atoms with Gasteiger partial charge < -0.3 is 15.4 Å². The van der Waals surface area contributed by atoms with Crippen molar-refractivity contribution >= 4 is 22.2 Å². The molecule has 2 aromatic heterocycles. The molecule has 1 aromatic carbocycles. The number of ether oxygens (including phenoxy) is 1. The van der Waals surface area contributed by atoms with Crippen molar-refractivity contribution in [2.45, 2.75) is 39.2 Å². The molecule has 0 aliphatic carbocycles. The van der Waals surface area contributed by atoms with Gasteiger partial charge in [0, 0.05) is 36.1 Å². The minimum atomic E-state index is -0.0136. The number of para-hydroxylation sites is 1. The quantitative estimate of drug-likeness (QED) is 0.666. The molecule has 0 unspecified atom stereocenters.